The summed E-state index contributed by atoms with van der Waals surface area (Å²) in [5, 5.41) is 18.9. The SMILES string of the molecule is CC(O)c1cc(Br)ccc1N(CCO)C(C)C. The maximum atomic E-state index is 9.82. The van der Waals surface area contributed by atoms with Crippen LogP contribution in [0.1, 0.15) is 32.4 Å². The third kappa shape index (κ3) is 3.69. The number of aliphatic hydroxyl groups is 2. The Labute approximate surface area is 111 Å². The van der Waals surface area contributed by atoms with Crippen LogP contribution in [0.15, 0.2) is 22.7 Å². The number of benzene rings is 1. The molecule has 3 nitrogen and oxygen atoms in total. The summed E-state index contributed by atoms with van der Waals surface area (Å²) in [6.45, 7) is 6.57. The van der Waals surface area contributed by atoms with E-state index in [2.05, 4.69) is 34.7 Å². The smallest absolute Gasteiger partial charge is 0.0782 e. The molecule has 0 saturated heterocycles. The third-order valence-corrected chi connectivity index (χ3v) is 3.21. The Morgan fingerprint density at radius 2 is 1.94 bits per heavy atom. The van der Waals surface area contributed by atoms with Gasteiger partial charge in [0.25, 0.3) is 0 Å². The second-order valence-corrected chi connectivity index (χ2v) is 5.31. The molecule has 0 amide bonds. The highest BCUT2D eigenvalue weighted by atomic mass is 79.9. The second kappa shape index (κ2) is 6.38. The Bertz CT molecular complexity index is 366. The van der Waals surface area contributed by atoms with Gasteiger partial charge < -0.3 is 15.1 Å². The molecular weight excluding hydrogens is 282 g/mol. The van der Waals surface area contributed by atoms with Crippen LogP contribution >= 0.6 is 15.9 Å². The molecule has 1 rings (SSSR count). The molecule has 0 spiro atoms. The van der Waals surface area contributed by atoms with Crippen LogP contribution in [-0.4, -0.2) is 29.4 Å². The quantitative estimate of drug-likeness (QED) is 0.879. The van der Waals surface area contributed by atoms with Crippen molar-refractivity contribution < 1.29 is 10.2 Å². The molecule has 0 fully saturated rings. The Morgan fingerprint density at radius 3 is 2.41 bits per heavy atom. The van der Waals surface area contributed by atoms with Crippen LogP contribution in [0, 0.1) is 0 Å². The van der Waals surface area contributed by atoms with Crippen molar-refractivity contribution in [1.29, 1.82) is 0 Å². The first-order valence-electron chi connectivity index (χ1n) is 5.82. The zero-order chi connectivity index (χ0) is 13.0. The van der Waals surface area contributed by atoms with Crippen molar-refractivity contribution in [1.82, 2.24) is 0 Å². The van der Waals surface area contributed by atoms with Crippen LogP contribution in [0.3, 0.4) is 0 Å². The van der Waals surface area contributed by atoms with E-state index < -0.39 is 6.10 Å². The third-order valence-electron chi connectivity index (χ3n) is 2.71. The number of hydrogen-bond acceptors (Lipinski definition) is 3. The fraction of sp³-hybridized carbons (Fsp3) is 0.538. The van der Waals surface area contributed by atoms with Gasteiger partial charge in [0.1, 0.15) is 0 Å². The van der Waals surface area contributed by atoms with Gasteiger partial charge in [0, 0.05) is 28.3 Å². The molecule has 0 aliphatic carbocycles. The lowest BCUT2D eigenvalue weighted by Crippen LogP contribution is -2.34. The average molecular weight is 302 g/mol. The number of hydrogen-bond donors (Lipinski definition) is 2. The number of rotatable bonds is 5. The normalized spacial score (nSPS) is 12.9. The summed E-state index contributed by atoms with van der Waals surface area (Å²) in [5.74, 6) is 0. The first kappa shape index (κ1) is 14.5. The van der Waals surface area contributed by atoms with E-state index in [0.717, 1.165) is 15.7 Å². The molecule has 2 N–H and O–H groups in total. The zero-order valence-electron chi connectivity index (χ0n) is 10.5. The maximum Gasteiger partial charge on any atom is 0.0782 e. The Morgan fingerprint density at radius 1 is 1.29 bits per heavy atom. The van der Waals surface area contributed by atoms with Crippen LogP contribution in [0.2, 0.25) is 0 Å². The van der Waals surface area contributed by atoms with Gasteiger partial charge in [-0.25, -0.2) is 0 Å². The second-order valence-electron chi connectivity index (χ2n) is 4.39. The molecule has 17 heavy (non-hydrogen) atoms. The minimum atomic E-state index is -0.526. The summed E-state index contributed by atoms with van der Waals surface area (Å²) < 4.78 is 0.949. The molecule has 0 aliphatic rings. The number of nitrogens with zero attached hydrogens (tertiary/aromatic N) is 1. The average Bonchev–Trinajstić information content (AvgIpc) is 2.26. The predicted octanol–water partition coefficient (Wildman–Crippen LogP) is 2.71. The molecule has 1 aromatic carbocycles. The van der Waals surface area contributed by atoms with E-state index in [0.29, 0.717) is 6.54 Å². The highest BCUT2D eigenvalue weighted by Crippen LogP contribution is 2.30. The van der Waals surface area contributed by atoms with Gasteiger partial charge in [-0.2, -0.15) is 0 Å². The highest BCUT2D eigenvalue weighted by Gasteiger charge is 2.16. The lowest BCUT2D eigenvalue weighted by Gasteiger charge is -2.31. The van der Waals surface area contributed by atoms with Crippen molar-refractivity contribution in [3.8, 4) is 0 Å². The Hall–Kier alpha value is -0.580. The molecule has 96 valence electrons. The lowest BCUT2D eigenvalue weighted by atomic mass is 10.1. The molecule has 0 aliphatic heterocycles. The highest BCUT2D eigenvalue weighted by molar-refractivity contribution is 9.10. The fourth-order valence-corrected chi connectivity index (χ4v) is 2.26. The lowest BCUT2D eigenvalue weighted by molar-refractivity contribution is 0.199. The van der Waals surface area contributed by atoms with E-state index in [9.17, 15) is 5.11 Å². The van der Waals surface area contributed by atoms with Crippen LogP contribution in [0.25, 0.3) is 0 Å². The van der Waals surface area contributed by atoms with Crippen molar-refractivity contribution in [2.75, 3.05) is 18.1 Å². The van der Waals surface area contributed by atoms with Crippen molar-refractivity contribution in [2.45, 2.75) is 32.9 Å². The van der Waals surface area contributed by atoms with E-state index in [4.69, 9.17) is 5.11 Å². The van der Waals surface area contributed by atoms with E-state index >= 15 is 0 Å². The number of anilines is 1. The van der Waals surface area contributed by atoms with Crippen LogP contribution in [0.5, 0.6) is 0 Å². The first-order valence-corrected chi connectivity index (χ1v) is 6.61. The van der Waals surface area contributed by atoms with E-state index in [1.165, 1.54) is 0 Å². The summed E-state index contributed by atoms with van der Waals surface area (Å²) in [4.78, 5) is 2.09. The van der Waals surface area contributed by atoms with Crippen molar-refractivity contribution in [3.05, 3.63) is 28.2 Å². The monoisotopic (exact) mass is 301 g/mol. The van der Waals surface area contributed by atoms with Gasteiger partial charge in [-0.05, 0) is 39.0 Å². The van der Waals surface area contributed by atoms with Crippen molar-refractivity contribution >= 4 is 21.6 Å². The maximum absolute atomic E-state index is 9.82. The molecule has 1 atom stereocenters. The van der Waals surface area contributed by atoms with Gasteiger partial charge >= 0.3 is 0 Å². The molecular formula is C13H20BrNO2. The van der Waals surface area contributed by atoms with Gasteiger partial charge in [0.15, 0.2) is 0 Å². The summed E-state index contributed by atoms with van der Waals surface area (Å²) in [7, 11) is 0. The number of aliphatic hydroxyl groups excluding tert-OH is 2. The molecule has 0 bridgehead atoms. The van der Waals surface area contributed by atoms with Gasteiger partial charge in [-0.15, -0.1) is 0 Å². The molecule has 0 aromatic heterocycles. The van der Waals surface area contributed by atoms with Crippen LogP contribution in [-0.2, 0) is 0 Å². The van der Waals surface area contributed by atoms with Gasteiger partial charge in [-0.3, -0.25) is 0 Å². The minimum absolute atomic E-state index is 0.105. The van der Waals surface area contributed by atoms with Crippen molar-refractivity contribution in [2.24, 2.45) is 0 Å². The van der Waals surface area contributed by atoms with E-state index in [1.807, 2.05) is 18.2 Å². The first-order chi connectivity index (χ1) is 7.97. The summed E-state index contributed by atoms with van der Waals surface area (Å²) in [6.07, 6.45) is -0.526. The summed E-state index contributed by atoms with van der Waals surface area (Å²) in [6, 6.07) is 6.13. The molecule has 0 radical (unpaired) electrons. The van der Waals surface area contributed by atoms with E-state index in [1.54, 1.807) is 6.92 Å². The van der Waals surface area contributed by atoms with Gasteiger partial charge in [-0.1, -0.05) is 15.9 Å². The van der Waals surface area contributed by atoms with E-state index in [-0.39, 0.29) is 12.6 Å². The summed E-state index contributed by atoms with van der Waals surface area (Å²) in [5.41, 5.74) is 1.86. The largest absolute Gasteiger partial charge is 0.395 e. The molecule has 0 saturated carbocycles. The van der Waals surface area contributed by atoms with Crippen molar-refractivity contribution in [3.63, 3.8) is 0 Å². The minimum Gasteiger partial charge on any atom is -0.395 e. The Kier molecular flexibility index (Phi) is 5.43. The zero-order valence-corrected chi connectivity index (χ0v) is 12.1. The molecule has 1 aromatic rings. The van der Waals surface area contributed by atoms with Crippen LogP contribution in [0.4, 0.5) is 5.69 Å². The van der Waals surface area contributed by atoms with Gasteiger partial charge in [0.05, 0.1) is 12.7 Å². The molecule has 4 heteroatoms. The summed E-state index contributed by atoms with van der Waals surface area (Å²) >= 11 is 3.41. The predicted molar refractivity (Wildman–Crippen MR) is 74.3 cm³/mol. The molecule has 1 unspecified atom stereocenters. The number of halogens is 1. The topological polar surface area (TPSA) is 43.7 Å². The fourth-order valence-electron chi connectivity index (χ4n) is 1.89. The molecule has 0 heterocycles. The van der Waals surface area contributed by atoms with Crippen LogP contribution < -0.4 is 4.90 Å². The van der Waals surface area contributed by atoms with Gasteiger partial charge in [0.2, 0.25) is 0 Å². The Balaban J connectivity index is 3.17. The standard InChI is InChI=1S/C13H20BrNO2/c1-9(2)15(6-7-16)13-5-4-11(14)8-12(13)10(3)17/h4-5,8-10,16-17H,6-7H2,1-3H3.